The van der Waals surface area contributed by atoms with Gasteiger partial charge in [-0.15, -0.1) is 0 Å². The quantitative estimate of drug-likeness (QED) is 0.589. The van der Waals surface area contributed by atoms with Gasteiger partial charge in [0.1, 0.15) is 12.1 Å². The van der Waals surface area contributed by atoms with E-state index < -0.39 is 33.7 Å². The Morgan fingerprint density at radius 2 is 1.48 bits per heavy atom. The molecule has 25 heavy (non-hydrogen) atoms. The number of sulfonamides is 1. The number of carbonyl (C=O) groups is 2. The second kappa shape index (κ2) is 7.25. The molecule has 6 nitrogen and oxygen atoms in total. The summed E-state index contributed by atoms with van der Waals surface area (Å²) in [6, 6.07) is 5.67. The van der Waals surface area contributed by atoms with Crippen LogP contribution >= 0.6 is 0 Å². The summed E-state index contributed by atoms with van der Waals surface area (Å²) in [5.41, 5.74) is -1.10. The van der Waals surface area contributed by atoms with E-state index in [4.69, 9.17) is 4.74 Å². The van der Waals surface area contributed by atoms with Gasteiger partial charge in [0.25, 0.3) is 0 Å². The van der Waals surface area contributed by atoms with Crippen LogP contribution < -0.4 is 0 Å². The number of carbonyl (C=O) groups excluding carboxylic acids is 2. The monoisotopic (exact) mass is 369 g/mol. The number of ether oxygens (including phenoxy) is 1. The molecular weight excluding hydrogens is 342 g/mol. The summed E-state index contributed by atoms with van der Waals surface area (Å²) in [6.45, 7) is 11.3. The minimum Gasteiger partial charge on any atom is -0.459 e. The molecule has 1 aromatic rings. The molecule has 0 heterocycles. The number of Topliss-reactive ketones (excluding diaryl/α,β-unsaturated/α-hetero) is 1. The number of esters is 1. The average molecular weight is 369 g/mol. The summed E-state index contributed by atoms with van der Waals surface area (Å²) in [5, 5.41) is 0. The van der Waals surface area contributed by atoms with E-state index in [0.29, 0.717) is 5.56 Å². The van der Waals surface area contributed by atoms with E-state index in [0.717, 1.165) is 4.31 Å². The molecule has 0 radical (unpaired) electrons. The van der Waals surface area contributed by atoms with Gasteiger partial charge in [0.05, 0.1) is 4.90 Å². The van der Waals surface area contributed by atoms with Crippen LogP contribution in [0.4, 0.5) is 0 Å². The molecule has 0 spiro atoms. The highest BCUT2D eigenvalue weighted by molar-refractivity contribution is 7.89. The maximum Gasteiger partial charge on any atom is 0.321 e. The Balaban J connectivity index is 3.21. The van der Waals surface area contributed by atoms with Gasteiger partial charge in [-0.3, -0.25) is 9.59 Å². The van der Waals surface area contributed by atoms with Gasteiger partial charge in [-0.25, -0.2) is 8.42 Å². The van der Waals surface area contributed by atoms with Crippen molar-refractivity contribution < 1.29 is 22.7 Å². The molecule has 7 heteroatoms. The van der Waals surface area contributed by atoms with E-state index in [9.17, 15) is 18.0 Å². The lowest BCUT2D eigenvalue weighted by molar-refractivity contribution is -0.155. The molecule has 0 N–H and O–H groups in total. The van der Waals surface area contributed by atoms with Gasteiger partial charge < -0.3 is 4.74 Å². The van der Waals surface area contributed by atoms with Crippen molar-refractivity contribution in [2.45, 2.75) is 64.5 Å². The summed E-state index contributed by atoms with van der Waals surface area (Å²) < 4.78 is 32.4. The first-order valence-corrected chi connectivity index (χ1v) is 9.44. The summed E-state index contributed by atoms with van der Waals surface area (Å²) in [7, 11) is -3.93. The van der Waals surface area contributed by atoms with Crippen LogP contribution in [0, 0.1) is 0 Å². The lowest BCUT2D eigenvalue weighted by Crippen LogP contribution is -2.49. The summed E-state index contributed by atoms with van der Waals surface area (Å²) >= 11 is 0. The molecule has 140 valence electrons. The van der Waals surface area contributed by atoms with Gasteiger partial charge in [-0.05, 0) is 60.6 Å². The first-order chi connectivity index (χ1) is 11.1. The second-order valence-corrected chi connectivity index (χ2v) is 9.71. The van der Waals surface area contributed by atoms with E-state index >= 15 is 0 Å². The Morgan fingerprint density at radius 3 is 1.84 bits per heavy atom. The van der Waals surface area contributed by atoms with Crippen LogP contribution in [-0.4, -0.2) is 42.2 Å². The fraction of sp³-hybridized carbons (Fsp3) is 0.556. The normalized spacial score (nSPS) is 13.0. The van der Waals surface area contributed by atoms with Crippen LogP contribution in [0.2, 0.25) is 0 Å². The number of benzene rings is 1. The largest absolute Gasteiger partial charge is 0.459 e. The van der Waals surface area contributed by atoms with Crippen LogP contribution in [0.5, 0.6) is 0 Å². The van der Waals surface area contributed by atoms with E-state index in [-0.39, 0.29) is 10.7 Å². The molecule has 0 bridgehead atoms. The predicted molar refractivity (Wildman–Crippen MR) is 95.9 cm³/mol. The highest BCUT2D eigenvalue weighted by Crippen LogP contribution is 2.25. The highest BCUT2D eigenvalue weighted by atomic mass is 32.2. The Hall–Kier alpha value is -1.73. The third kappa shape index (κ3) is 5.93. The average Bonchev–Trinajstić information content (AvgIpc) is 2.41. The van der Waals surface area contributed by atoms with Gasteiger partial charge >= 0.3 is 5.97 Å². The molecule has 0 aliphatic heterocycles. The lowest BCUT2D eigenvalue weighted by atomic mass is 10.1. The van der Waals surface area contributed by atoms with Crippen LogP contribution in [0.1, 0.15) is 58.8 Å². The summed E-state index contributed by atoms with van der Waals surface area (Å²) in [5.74, 6) is -0.767. The van der Waals surface area contributed by atoms with Crippen LogP contribution in [0.15, 0.2) is 29.2 Å². The first-order valence-electron chi connectivity index (χ1n) is 8.00. The molecule has 0 saturated heterocycles. The molecule has 0 fully saturated rings. The lowest BCUT2D eigenvalue weighted by Gasteiger charge is -2.34. The van der Waals surface area contributed by atoms with Crippen molar-refractivity contribution in [1.29, 1.82) is 0 Å². The third-order valence-corrected chi connectivity index (χ3v) is 5.41. The van der Waals surface area contributed by atoms with Gasteiger partial charge in [0.2, 0.25) is 10.0 Å². The SMILES string of the molecule is CC(=O)c1ccc(S(=O)(=O)N(CC(=O)OC(C)(C)C)C(C)(C)C)cc1. The van der Waals surface area contributed by atoms with Crippen LogP contribution in [0.25, 0.3) is 0 Å². The Morgan fingerprint density at radius 1 is 1.00 bits per heavy atom. The molecule has 0 saturated carbocycles. The predicted octanol–water partition coefficient (Wildman–Crippen LogP) is 3.02. The van der Waals surface area contributed by atoms with Gasteiger partial charge in [-0.2, -0.15) is 4.31 Å². The minimum absolute atomic E-state index is 0.0241. The maximum atomic E-state index is 13.0. The summed E-state index contributed by atoms with van der Waals surface area (Å²) in [4.78, 5) is 23.5. The van der Waals surface area contributed by atoms with E-state index in [1.807, 2.05) is 0 Å². The second-order valence-electron chi connectivity index (χ2n) is 7.85. The van der Waals surface area contributed by atoms with Crippen molar-refractivity contribution in [3.05, 3.63) is 29.8 Å². The zero-order valence-electron chi connectivity index (χ0n) is 15.9. The highest BCUT2D eigenvalue weighted by Gasteiger charge is 2.36. The summed E-state index contributed by atoms with van der Waals surface area (Å²) in [6.07, 6.45) is 0. The van der Waals surface area contributed by atoms with E-state index in [2.05, 4.69) is 0 Å². The van der Waals surface area contributed by atoms with E-state index in [1.165, 1.54) is 31.2 Å². The minimum atomic E-state index is -3.93. The van der Waals surface area contributed by atoms with Crippen molar-refractivity contribution >= 4 is 21.8 Å². The number of ketones is 1. The molecule has 1 rings (SSSR count). The molecule has 0 atom stereocenters. The zero-order chi connectivity index (χ0) is 19.6. The molecular formula is C18H27NO5S. The molecule has 0 amide bonds. The molecule has 0 aliphatic carbocycles. The van der Waals surface area contributed by atoms with Crippen LogP contribution in [0.3, 0.4) is 0 Å². The van der Waals surface area contributed by atoms with Crippen molar-refractivity contribution in [3.63, 3.8) is 0 Å². The molecule has 0 aliphatic rings. The number of hydrogen-bond donors (Lipinski definition) is 0. The van der Waals surface area contributed by atoms with E-state index in [1.54, 1.807) is 41.5 Å². The van der Waals surface area contributed by atoms with Crippen molar-refractivity contribution in [2.24, 2.45) is 0 Å². The van der Waals surface area contributed by atoms with Crippen molar-refractivity contribution in [3.8, 4) is 0 Å². The zero-order valence-corrected chi connectivity index (χ0v) is 16.7. The Bertz CT molecular complexity index is 737. The fourth-order valence-electron chi connectivity index (χ4n) is 2.16. The molecule has 0 aromatic heterocycles. The molecule has 0 unspecified atom stereocenters. The standard InChI is InChI=1S/C18H27NO5S/c1-13(20)14-8-10-15(11-9-14)25(22,23)19(17(2,3)4)12-16(21)24-18(5,6)7/h8-11H,12H2,1-7H3. The van der Waals surface area contributed by atoms with Crippen molar-refractivity contribution in [1.82, 2.24) is 4.31 Å². The molecule has 1 aromatic carbocycles. The maximum absolute atomic E-state index is 13.0. The fourth-order valence-corrected chi connectivity index (χ4v) is 3.89. The number of hydrogen-bond acceptors (Lipinski definition) is 5. The number of nitrogens with zero attached hydrogens (tertiary/aromatic N) is 1. The first kappa shape index (κ1) is 21.3. The number of rotatable bonds is 5. The van der Waals surface area contributed by atoms with Gasteiger partial charge in [0, 0.05) is 11.1 Å². The third-order valence-electron chi connectivity index (χ3n) is 3.29. The van der Waals surface area contributed by atoms with Crippen molar-refractivity contribution in [2.75, 3.05) is 6.54 Å². The Labute approximate surface area is 150 Å². The topological polar surface area (TPSA) is 80.8 Å². The van der Waals surface area contributed by atoms with Gasteiger partial charge in [-0.1, -0.05) is 12.1 Å². The van der Waals surface area contributed by atoms with Gasteiger partial charge in [0.15, 0.2) is 5.78 Å². The Kier molecular flexibility index (Phi) is 6.18. The smallest absolute Gasteiger partial charge is 0.321 e. The van der Waals surface area contributed by atoms with Crippen LogP contribution in [-0.2, 0) is 19.6 Å².